The molecule has 2 aliphatic rings. The summed E-state index contributed by atoms with van der Waals surface area (Å²) in [5, 5.41) is 4.74. The van der Waals surface area contributed by atoms with Crippen molar-refractivity contribution in [2.45, 2.75) is 6.92 Å². The molecule has 0 atom stereocenters. The molecule has 0 fully saturated rings. The van der Waals surface area contributed by atoms with Gasteiger partial charge in [0.05, 0.1) is 11.0 Å². The molecule has 2 aromatic heterocycles. The standard InChI is InChI=1S/C61H40BN3O/c1-39-29-31-43(32-30-39)65-55-35-44(63(41-19-7-3-8-20-41)42-21-9-4-10-22-42)33-34-47(55)52-36-51(46-24-12-11-23-45(46)40-17-5-2-6-18-40)59-49-26-13-15-27-54(49)64-56-37-50-48-25-14-16-28-57(48)66-58(50)38-53(56)62(65)60(52)61(59)64/h2-38H,1H3. The molecule has 10 aromatic carbocycles. The lowest BCUT2D eigenvalue weighted by Crippen LogP contribution is -2.60. The number of furan rings is 1. The lowest BCUT2D eigenvalue weighted by Gasteiger charge is -2.42. The highest BCUT2D eigenvalue weighted by Gasteiger charge is 2.45. The minimum atomic E-state index is -0.197. The van der Waals surface area contributed by atoms with E-state index in [0.29, 0.717) is 0 Å². The third-order valence-corrected chi connectivity index (χ3v) is 14.0. The maximum Gasteiger partial charge on any atom is 0.333 e. The summed E-state index contributed by atoms with van der Waals surface area (Å²) in [4.78, 5) is 4.98. The van der Waals surface area contributed by atoms with Gasteiger partial charge in [-0.2, -0.15) is 0 Å². The van der Waals surface area contributed by atoms with Gasteiger partial charge >= 0.3 is 6.85 Å². The van der Waals surface area contributed by atoms with Gasteiger partial charge < -0.3 is 18.7 Å². The zero-order chi connectivity index (χ0) is 43.5. The second-order valence-electron chi connectivity index (χ2n) is 17.7. The van der Waals surface area contributed by atoms with Gasteiger partial charge in [0.1, 0.15) is 11.2 Å². The summed E-state index contributed by atoms with van der Waals surface area (Å²) in [6.07, 6.45) is 0. The van der Waals surface area contributed by atoms with Crippen LogP contribution in [0.2, 0.25) is 0 Å². The first-order valence-electron chi connectivity index (χ1n) is 22.8. The first kappa shape index (κ1) is 36.9. The SMILES string of the molecule is Cc1ccc(N2B3c4cc5oc6ccccc6c5cc4-n4c5ccccc5c5c(-c6ccccc6-c6ccccc6)cc(c3c54)-c3ccc(N(c4ccccc4)c4ccccc4)cc32)cc1. The lowest BCUT2D eigenvalue weighted by molar-refractivity contribution is 0.669. The van der Waals surface area contributed by atoms with Gasteiger partial charge in [-0.3, -0.25) is 0 Å². The van der Waals surface area contributed by atoms with Gasteiger partial charge in [-0.1, -0.05) is 151 Å². The fourth-order valence-electron chi connectivity index (χ4n) is 11.2. The average molecular weight is 842 g/mol. The van der Waals surface area contributed by atoms with Crippen LogP contribution >= 0.6 is 0 Å². The van der Waals surface area contributed by atoms with E-state index in [1.54, 1.807) is 0 Å². The Hall–Kier alpha value is -8.54. The van der Waals surface area contributed by atoms with Crippen LogP contribution in [0.3, 0.4) is 0 Å². The van der Waals surface area contributed by atoms with Gasteiger partial charge in [0.15, 0.2) is 0 Å². The van der Waals surface area contributed by atoms with Crippen LogP contribution in [0.25, 0.3) is 82.8 Å². The minimum Gasteiger partial charge on any atom is -0.456 e. The first-order valence-corrected chi connectivity index (χ1v) is 22.8. The Morgan fingerprint density at radius 1 is 0.439 bits per heavy atom. The van der Waals surface area contributed by atoms with E-state index in [1.807, 2.05) is 0 Å². The number of nitrogens with zero attached hydrogens (tertiary/aromatic N) is 3. The van der Waals surface area contributed by atoms with E-state index >= 15 is 0 Å². The Labute approximate surface area is 382 Å². The minimum absolute atomic E-state index is 0.197. The second-order valence-corrected chi connectivity index (χ2v) is 17.7. The van der Waals surface area contributed by atoms with Crippen LogP contribution in [0.5, 0.6) is 0 Å². The van der Waals surface area contributed by atoms with Crippen LogP contribution in [0, 0.1) is 6.92 Å². The quantitative estimate of drug-likeness (QED) is 0.156. The molecule has 14 rings (SSSR count). The number of rotatable bonds is 6. The Morgan fingerprint density at radius 3 is 1.85 bits per heavy atom. The summed E-state index contributed by atoms with van der Waals surface area (Å²) in [5.41, 5.74) is 22.0. The number of hydrogen-bond donors (Lipinski definition) is 0. The zero-order valence-corrected chi connectivity index (χ0v) is 36.2. The van der Waals surface area contributed by atoms with Gasteiger partial charge in [0, 0.05) is 61.2 Å². The van der Waals surface area contributed by atoms with Crippen molar-refractivity contribution in [2.75, 3.05) is 9.71 Å². The van der Waals surface area contributed by atoms with Crippen molar-refractivity contribution in [1.29, 1.82) is 0 Å². The molecule has 4 nitrogen and oxygen atoms in total. The van der Waals surface area contributed by atoms with Crippen LogP contribution in [0.4, 0.5) is 28.4 Å². The van der Waals surface area contributed by atoms with Crippen molar-refractivity contribution >= 4 is 90.0 Å². The summed E-state index contributed by atoms with van der Waals surface area (Å²) in [6, 6.07) is 82.2. The molecule has 0 unspecified atom stereocenters. The van der Waals surface area contributed by atoms with E-state index in [4.69, 9.17) is 4.42 Å². The molecular formula is C61H40BN3O. The molecule has 0 saturated carbocycles. The molecule has 0 bridgehead atoms. The Balaban J connectivity index is 1.16. The third-order valence-electron chi connectivity index (χ3n) is 14.0. The van der Waals surface area contributed by atoms with E-state index in [0.717, 1.165) is 50.4 Å². The van der Waals surface area contributed by atoms with Crippen LogP contribution in [0.1, 0.15) is 5.56 Å². The predicted molar refractivity (Wildman–Crippen MR) is 277 cm³/mol. The summed E-state index contributed by atoms with van der Waals surface area (Å²) in [6.45, 7) is 1.97. The third kappa shape index (κ3) is 5.34. The van der Waals surface area contributed by atoms with E-state index in [1.165, 1.54) is 77.4 Å². The van der Waals surface area contributed by atoms with Crippen molar-refractivity contribution in [3.05, 3.63) is 230 Å². The van der Waals surface area contributed by atoms with Gasteiger partial charge in [-0.05, 0) is 125 Å². The smallest absolute Gasteiger partial charge is 0.333 e. The summed E-state index contributed by atoms with van der Waals surface area (Å²) < 4.78 is 9.34. The Bertz CT molecular complexity index is 3850. The van der Waals surface area contributed by atoms with Crippen LogP contribution in [-0.4, -0.2) is 11.4 Å². The number of benzene rings is 10. The maximum atomic E-state index is 6.76. The molecule has 12 aromatic rings. The molecule has 5 heteroatoms. The van der Waals surface area contributed by atoms with Crippen LogP contribution < -0.4 is 20.6 Å². The van der Waals surface area contributed by atoms with E-state index in [-0.39, 0.29) is 6.85 Å². The van der Waals surface area contributed by atoms with E-state index in [9.17, 15) is 0 Å². The first-order chi connectivity index (χ1) is 32.7. The highest BCUT2D eigenvalue weighted by molar-refractivity contribution is 6.94. The van der Waals surface area contributed by atoms with Crippen molar-refractivity contribution < 1.29 is 4.42 Å². The molecule has 0 N–H and O–H groups in total. The largest absolute Gasteiger partial charge is 0.456 e. The topological polar surface area (TPSA) is 24.6 Å². The average Bonchev–Trinajstić information content (AvgIpc) is 3.92. The number of para-hydroxylation sites is 4. The van der Waals surface area contributed by atoms with Crippen molar-refractivity contribution in [3.63, 3.8) is 0 Å². The van der Waals surface area contributed by atoms with E-state index in [2.05, 4.69) is 246 Å². The highest BCUT2D eigenvalue weighted by atomic mass is 16.3. The summed E-state index contributed by atoms with van der Waals surface area (Å²) in [5.74, 6) is 0. The van der Waals surface area contributed by atoms with Crippen molar-refractivity contribution in [3.8, 4) is 39.1 Å². The van der Waals surface area contributed by atoms with Crippen LogP contribution in [-0.2, 0) is 0 Å². The van der Waals surface area contributed by atoms with Crippen molar-refractivity contribution in [2.24, 2.45) is 0 Å². The maximum absolute atomic E-state index is 6.76. The highest BCUT2D eigenvalue weighted by Crippen LogP contribution is 2.51. The van der Waals surface area contributed by atoms with E-state index < -0.39 is 0 Å². The van der Waals surface area contributed by atoms with Gasteiger partial charge in [-0.15, -0.1) is 0 Å². The normalized spacial score (nSPS) is 12.6. The summed E-state index contributed by atoms with van der Waals surface area (Å²) in [7, 11) is 0. The fraction of sp³-hybridized carbons (Fsp3) is 0.0164. The molecule has 4 heterocycles. The number of anilines is 5. The molecule has 308 valence electrons. The molecule has 2 aliphatic heterocycles. The number of aryl methyl sites for hydroxylation is 1. The molecule has 66 heavy (non-hydrogen) atoms. The molecule has 0 amide bonds. The van der Waals surface area contributed by atoms with Crippen LogP contribution in [0.15, 0.2) is 229 Å². The predicted octanol–water partition coefficient (Wildman–Crippen LogP) is 15.0. The molecule has 0 saturated heterocycles. The van der Waals surface area contributed by atoms with Gasteiger partial charge in [0.25, 0.3) is 0 Å². The second kappa shape index (κ2) is 14.2. The Kier molecular flexibility index (Phi) is 7.96. The monoisotopic (exact) mass is 841 g/mol. The molecule has 0 spiro atoms. The molecule has 0 aliphatic carbocycles. The number of aromatic nitrogens is 1. The fourth-order valence-corrected chi connectivity index (χ4v) is 11.2. The molecular weight excluding hydrogens is 802 g/mol. The van der Waals surface area contributed by atoms with Gasteiger partial charge in [-0.25, -0.2) is 0 Å². The zero-order valence-electron chi connectivity index (χ0n) is 36.2. The lowest BCUT2D eigenvalue weighted by atomic mass is 9.43. The molecule has 0 radical (unpaired) electrons. The summed E-state index contributed by atoms with van der Waals surface area (Å²) >= 11 is 0. The number of hydrogen-bond acceptors (Lipinski definition) is 3. The van der Waals surface area contributed by atoms with Crippen molar-refractivity contribution in [1.82, 2.24) is 4.57 Å². The Morgan fingerprint density at radius 2 is 1.09 bits per heavy atom. The number of fused-ring (bicyclic) bond motifs is 11. The van der Waals surface area contributed by atoms with Gasteiger partial charge in [0.2, 0.25) is 0 Å².